The lowest BCUT2D eigenvalue weighted by atomic mass is 10.1. The van der Waals surface area contributed by atoms with Gasteiger partial charge in [-0.1, -0.05) is 18.2 Å². The van der Waals surface area contributed by atoms with Crippen LogP contribution in [0.3, 0.4) is 0 Å². The minimum Gasteiger partial charge on any atom is -0.386 e. The fraction of sp³-hybridized carbons (Fsp3) is 0.250. The molecule has 1 aromatic heterocycles. The number of anilines is 2. The third kappa shape index (κ3) is 1.93. The van der Waals surface area contributed by atoms with Gasteiger partial charge in [-0.25, -0.2) is 0 Å². The Balaban J connectivity index is 2.03. The predicted octanol–water partition coefficient (Wildman–Crippen LogP) is 2.71. The van der Waals surface area contributed by atoms with Crippen LogP contribution in [-0.4, -0.2) is 24.0 Å². The quantitative estimate of drug-likeness (QED) is 0.910. The average molecular weight is 267 g/mol. The molecule has 4 heteroatoms. The minimum absolute atomic E-state index is 0.0224. The van der Waals surface area contributed by atoms with Gasteiger partial charge < -0.3 is 10.2 Å². The van der Waals surface area contributed by atoms with Crippen LogP contribution in [0.25, 0.3) is 0 Å². The third-order valence-electron chi connectivity index (χ3n) is 3.75. The normalized spacial score (nSPS) is 16.9. The van der Waals surface area contributed by atoms with Crippen LogP contribution >= 0.6 is 0 Å². The van der Waals surface area contributed by atoms with Gasteiger partial charge in [-0.2, -0.15) is 0 Å². The van der Waals surface area contributed by atoms with Gasteiger partial charge in [-0.05, 0) is 31.0 Å². The van der Waals surface area contributed by atoms with Gasteiger partial charge in [0.1, 0.15) is 0 Å². The van der Waals surface area contributed by atoms with E-state index < -0.39 is 0 Å². The second kappa shape index (κ2) is 4.96. The fourth-order valence-electron chi connectivity index (χ4n) is 2.78. The number of aromatic nitrogens is 1. The highest BCUT2D eigenvalue weighted by molar-refractivity contribution is 6.10. The van der Waals surface area contributed by atoms with E-state index in [1.54, 1.807) is 25.5 Å². The van der Waals surface area contributed by atoms with Crippen molar-refractivity contribution in [1.82, 2.24) is 4.98 Å². The number of rotatable bonds is 2. The van der Waals surface area contributed by atoms with E-state index in [1.165, 1.54) is 5.56 Å². The predicted molar refractivity (Wildman–Crippen MR) is 80.2 cm³/mol. The third-order valence-corrected chi connectivity index (χ3v) is 3.75. The summed E-state index contributed by atoms with van der Waals surface area (Å²) in [5.41, 5.74) is 3.66. The molecule has 0 aliphatic carbocycles. The van der Waals surface area contributed by atoms with Crippen molar-refractivity contribution in [3.8, 4) is 0 Å². The highest BCUT2D eigenvalue weighted by Crippen LogP contribution is 2.33. The van der Waals surface area contributed by atoms with Crippen LogP contribution in [0.15, 0.2) is 42.7 Å². The molecule has 20 heavy (non-hydrogen) atoms. The molecule has 1 unspecified atom stereocenters. The van der Waals surface area contributed by atoms with E-state index in [9.17, 15) is 4.79 Å². The summed E-state index contributed by atoms with van der Waals surface area (Å²) in [7, 11) is 1.80. The smallest absolute Gasteiger partial charge is 0.260 e. The Morgan fingerprint density at radius 1 is 1.35 bits per heavy atom. The van der Waals surface area contributed by atoms with Crippen LogP contribution in [0.1, 0.15) is 22.8 Å². The molecule has 1 N–H and O–H groups in total. The Bertz CT molecular complexity index is 654. The maximum absolute atomic E-state index is 12.9. The summed E-state index contributed by atoms with van der Waals surface area (Å²) in [6.07, 6.45) is 4.24. The second-order valence-electron chi connectivity index (χ2n) is 5.03. The number of para-hydroxylation sites is 1. The first-order valence-corrected chi connectivity index (χ1v) is 6.75. The fourth-order valence-corrected chi connectivity index (χ4v) is 2.78. The van der Waals surface area contributed by atoms with Gasteiger partial charge in [0.25, 0.3) is 5.91 Å². The molecule has 1 aliphatic rings. The molecule has 1 amide bonds. The van der Waals surface area contributed by atoms with Gasteiger partial charge >= 0.3 is 0 Å². The van der Waals surface area contributed by atoms with Crippen molar-refractivity contribution in [1.29, 1.82) is 0 Å². The summed E-state index contributed by atoms with van der Waals surface area (Å²) in [6.45, 7) is 2.08. The number of carbonyl (C=O) groups excluding carboxylic acids is 1. The van der Waals surface area contributed by atoms with Crippen molar-refractivity contribution in [3.63, 3.8) is 0 Å². The molecular weight excluding hydrogens is 250 g/mol. The van der Waals surface area contributed by atoms with Gasteiger partial charge in [0, 0.05) is 25.0 Å². The summed E-state index contributed by atoms with van der Waals surface area (Å²) < 4.78 is 0. The first-order chi connectivity index (χ1) is 9.72. The molecule has 0 fully saturated rings. The maximum Gasteiger partial charge on any atom is 0.260 e. The summed E-state index contributed by atoms with van der Waals surface area (Å²) in [6, 6.07) is 10.0. The lowest BCUT2D eigenvalue weighted by molar-refractivity contribution is 0.0982. The van der Waals surface area contributed by atoms with Crippen LogP contribution < -0.4 is 10.2 Å². The maximum atomic E-state index is 12.9. The van der Waals surface area contributed by atoms with Crippen LogP contribution in [0.5, 0.6) is 0 Å². The molecule has 102 valence electrons. The number of amides is 1. The highest BCUT2D eigenvalue weighted by atomic mass is 16.2. The topological polar surface area (TPSA) is 45.2 Å². The molecule has 0 saturated heterocycles. The molecule has 1 aromatic carbocycles. The summed E-state index contributed by atoms with van der Waals surface area (Å²) in [4.78, 5) is 18.8. The number of hydrogen-bond acceptors (Lipinski definition) is 3. The average Bonchev–Trinajstić information content (AvgIpc) is 2.82. The zero-order valence-corrected chi connectivity index (χ0v) is 11.6. The minimum atomic E-state index is 0.0224. The van der Waals surface area contributed by atoms with E-state index in [0.29, 0.717) is 5.56 Å². The van der Waals surface area contributed by atoms with Crippen molar-refractivity contribution in [2.75, 3.05) is 17.3 Å². The van der Waals surface area contributed by atoms with Gasteiger partial charge in [-0.3, -0.25) is 9.78 Å². The molecule has 0 spiro atoms. The zero-order valence-electron chi connectivity index (χ0n) is 11.6. The van der Waals surface area contributed by atoms with E-state index in [-0.39, 0.29) is 11.9 Å². The Morgan fingerprint density at radius 3 is 2.95 bits per heavy atom. The molecule has 3 rings (SSSR count). The standard InChI is InChI=1S/C16H17N3O/c1-11-9-12-5-3-4-6-15(12)19(11)16(20)13-7-8-18-10-14(13)17-2/h3-8,10-11,17H,9H2,1-2H3. The SMILES string of the molecule is CNc1cnccc1C(=O)N1c2ccccc2CC1C. The molecule has 1 atom stereocenters. The van der Waals surface area contributed by atoms with E-state index in [1.807, 2.05) is 23.1 Å². The second-order valence-corrected chi connectivity index (χ2v) is 5.03. The van der Waals surface area contributed by atoms with Crippen molar-refractivity contribution in [2.45, 2.75) is 19.4 Å². The first-order valence-electron chi connectivity index (χ1n) is 6.75. The number of hydrogen-bond donors (Lipinski definition) is 1. The number of benzene rings is 1. The number of nitrogens with one attached hydrogen (secondary N) is 1. The first kappa shape index (κ1) is 12.7. The van der Waals surface area contributed by atoms with Crippen molar-refractivity contribution >= 4 is 17.3 Å². The van der Waals surface area contributed by atoms with E-state index in [2.05, 4.69) is 23.3 Å². The molecule has 1 aliphatic heterocycles. The molecule has 4 nitrogen and oxygen atoms in total. The Kier molecular flexibility index (Phi) is 3.14. The van der Waals surface area contributed by atoms with Crippen LogP contribution in [0, 0.1) is 0 Å². The monoisotopic (exact) mass is 267 g/mol. The Morgan fingerprint density at radius 2 is 2.15 bits per heavy atom. The number of pyridine rings is 1. The van der Waals surface area contributed by atoms with Gasteiger partial charge in [-0.15, -0.1) is 0 Å². The molecule has 2 heterocycles. The largest absolute Gasteiger partial charge is 0.386 e. The van der Waals surface area contributed by atoms with Gasteiger partial charge in [0.15, 0.2) is 0 Å². The van der Waals surface area contributed by atoms with Crippen molar-refractivity contribution in [2.24, 2.45) is 0 Å². The molecular formula is C16H17N3O. The lowest BCUT2D eigenvalue weighted by Gasteiger charge is -2.23. The molecule has 0 bridgehead atoms. The van der Waals surface area contributed by atoms with Crippen LogP contribution in [0.2, 0.25) is 0 Å². The Hall–Kier alpha value is -2.36. The number of carbonyl (C=O) groups is 1. The van der Waals surface area contributed by atoms with Crippen molar-refractivity contribution < 1.29 is 4.79 Å². The Labute approximate surface area is 118 Å². The molecule has 0 saturated carbocycles. The van der Waals surface area contributed by atoms with E-state index in [0.717, 1.165) is 17.8 Å². The molecule has 2 aromatic rings. The van der Waals surface area contributed by atoms with E-state index >= 15 is 0 Å². The zero-order chi connectivity index (χ0) is 14.1. The summed E-state index contributed by atoms with van der Waals surface area (Å²) in [5, 5.41) is 3.03. The van der Waals surface area contributed by atoms with Crippen LogP contribution in [-0.2, 0) is 6.42 Å². The van der Waals surface area contributed by atoms with Crippen LogP contribution in [0.4, 0.5) is 11.4 Å². The summed E-state index contributed by atoms with van der Waals surface area (Å²) >= 11 is 0. The van der Waals surface area contributed by atoms with Gasteiger partial charge in [0.2, 0.25) is 0 Å². The van der Waals surface area contributed by atoms with E-state index in [4.69, 9.17) is 0 Å². The van der Waals surface area contributed by atoms with Crippen molar-refractivity contribution in [3.05, 3.63) is 53.9 Å². The van der Waals surface area contributed by atoms with Gasteiger partial charge in [0.05, 0.1) is 17.4 Å². The number of nitrogens with zero attached hydrogens (tertiary/aromatic N) is 2. The lowest BCUT2D eigenvalue weighted by Crippen LogP contribution is -2.36. The molecule has 0 radical (unpaired) electrons. The number of fused-ring (bicyclic) bond motifs is 1. The summed E-state index contributed by atoms with van der Waals surface area (Å²) in [5.74, 6) is 0.0224. The highest BCUT2D eigenvalue weighted by Gasteiger charge is 2.31.